The number of carboxylic acid groups (broad SMARTS) is 2. The van der Waals surface area contributed by atoms with E-state index in [2.05, 4.69) is 0 Å². The lowest BCUT2D eigenvalue weighted by atomic mass is 9.90. The standard InChI is InChI=1S/C28H32F2NO11P/c1-26(2,24(33)34)15-17-40-43(39,41-18-16-27(3,4)25(35)36)28(29,30)20-8-5-19(6-9-20)7-14-23(32)42-22-12-10-21(11-13-22)31(37)38/h5-14H,15-18H2,1-4H3,(H,33,34)(H,35,36)/b14-7+. The zero-order valence-corrected chi connectivity index (χ0v) is 24.7. The molecular formula is C28H32F2NO11P. The number of hydrogen-bond acceptors (Lipinski definition) is 9. The van der Waals surface area contributed by atoms with E-state index >= 15 is 8.78 Å². The van der Waals surface area contributed by atoms with Crippen molar-refractivity contribution in [3.05, 3.63) is 75.8 Å². The minimum absolute atomic E-state index is 0.0458. The Balaban J connectivity index is 2.20. The van der Waals surface area contributed by atoms with E-state index in [4.69, 9.17) is 13.8 Å². The fraction of sp³-hybridized carbons (Fsp3) is 0.393. The van der Waals surface area contributed by atoms with E-state index in [9.17, 15) is 39.3 Å². The number of halogens is 2. The van der Waals surface area contributed by atoms with Gasteiger partial charge in [0.1, 0.15) is 5.75 Å². The summed E-state index contributed by atoms with van der Waals surface area (Å²) in [5, 5.41) is 29.3. The molecule has 43 heavy (non-hydrogen) atoms. The monoisotopic (exact) mass is 627 g/mol. The normalized spacial score (nSPS) is 12.7. The second kappa shape index (κ2) is 14.0. The van der Waals surface area contributed by atoms with E-state index in [1.165, 1.54) is 58.0 Å². The summed E-state index contributed by atoms with van der Waals surface area (Å²) in [7, 11) is -5.33. The molecular weight excluding hydrogens is 595 g/mol. The van der Waals surface area contributed by atoms with Crippen molar-refractivity contribution in [2.45, 2.75) is 46.2 Å². The number of carboxylic acids is 2. The zero-order valence-electron chi connectivity index (χ0n) is 23.8. The van der Waals surface area contributed by atoms with E-state index in [0.717, 1.165) is 30.3 Å². The van der Waals surface area contributed by atoms with Gasteiger partial charge in [-0.1, -0.05) is 24.3 Å². The van der Waals surface area contributed by atoms with Crippen LogP contribution >= 0.6 is 7.60 Å². The third-order valence-electron chi connectivity index (χ3n) is 6.41. The van der Waals surface area contributed by atoms with Crippen LogP contribution in [0.5, 0.6) is 5.75 Å². The summed E-state index contributed by atoms with van der Waals surface area (Å²) in [4.78, 5) is 44.9. The van der Waals surface area contributed by atoms with Crippen LogP contribution in [-0.2, 0) is 33.7 Å². The first-order chi connectivity index (χ1) is 19.8. The van der Waals surface area contributed by atoms with Gasteiger partial charge >= 0.3 is 31.2 Å². The number of nitro groups is 1. The van der Waals surface area contributed by atoms with Crippen LogP contribution < -0.4 is 4.74 Å². The van der Waals surface area contributed by atoms with Crippen molar-refractivity contribution in [2.24, 2.45) is 10.8 Å². The maximum atomic E-state index is 15.6. The summed E-state index contributed by atoms with van der Waals surface area (Å²) in [6.45, 7) is 4.06. The molecule has 0 atom stereocenters. The molecule has 2 aromatic rings. The second-order valence-corrected chi connectivity index (χ2v) is 12.8. The number of non-ortho nitro benzene ring substituents is 1. The minimum Gasteiger partial charge on any atom is -0.481 e. The van der Waals surface area contributed by atoms with Gasteiger partial charge in [-0.3, -0.25) is 24.3 Å². The maximum absolute atomic E-state index is 15.6. The fourth-order valence-corrected chi connectivity index (χ4v) is 4.69. The summed E-state index contributed by atoms with van der Waals surface area (Å²) in [6.07, 6.45) is 1.71. The van der Waals surface area contributed by atoms with Crippen LogP contribution in [0, 0.1) is 20.9 Å². The number of alkyl halides is 2. The van der Waals surface area contributed by atoms with E-state index in [1.807, 2.05) is 0 Å². The number of carbonyl (C=O) groups excluding carboxylic acids is 1. The molecule has 0 spiro atoms. The first-order valence-electron chi connectivity index (χ1n) is 12.8. The molecule has 12 nitrogen and oxygen atoms in total. The molecule has 0 fully saturated rings. The Bertz CT molecular complexity index is 1370. The Morgan fingerprint density at radius 2 is 1.35 bits per heavy atom. The Morgan fingerprint density at radius 3 is 1.77 bits per heavy atom. The molecule has 2 rings (SSSR count). The van der Waals surface area contributed by atoms with Gasteiger partial charge < -0.3 is 24.0 Å². The molecule has 0 saturated heterocycles. The predicted octanol–water partition coefficient (Wildman–Crippen LogP) is 6.49. The fourth-order valence-electron chi connectivity index (χ4n) is 3.16. The van der Waals surface area contributed by atoms with Gasteiger partial charge in [0.05, 0.1) is 29.0 Å². The number of carbonyl (C=O) groups is 3. The number of rotatable bonds is 16. The summed E-state index contributed by atoms with van der Waals surface area (Å²) in [6, 6.07) is 9.03. The van der Waals surface area contributed by atoms with Crippen molar-refractivity contribution in [1.82, 2.24) is 0 Å². The van der Waals surface area contributed by atoms with Crippen LogP contribution in [0.15, 0.2) is 54.6 Å². The highest BCUT2D eigenvalue weighted by atomic mass is 31.2. The molecule has 0 radical (unpaired) electrons. The molecule has 0 aliphatic rings. The first kappa shape index (κ1) is 35.2. The highest BCUT2D eigenvalue weighted by molar-refractivity contribution is 7.54. The highest BCUT2D eigenvalue weighted by Gasteiger charge is 2.55. The number of nitro benzene ring substituents is 1. The first-order valence-corrected chi connectivity index (χ1v) is 14.3. The lowest BCUT2D eigenvalue weighted by Gasteiger charge is -2.29. The van der Waals surface area contributed by atoms with Crippen LogP contribution in [0.1, 0.15) is 51.7 Å². The van der Waals surface area contributed by atoms with E-state index in [0.29, 0.717) is 0 Å². The van der Waals surface area contributed by atoms with Gasteiger partial charge in [0.15, 0.2) is 0 Å². The lowest BCUT2D eigenvalue weighted by Crippen LogP contribution is -2.27. The second-order valence-electron chi connectivity index (χ2n) is 10.7. The smallest absolute Gasteiger partial charge is 0.404 e. The Morgan fingerprint density at radius 1 is 0.884 bits per heavy atom. The van der Waals surface area contributed by atoms with Gasteiger partial charge in [-0.15, -0.1) is 0 Å². The molecule has 15 heteroatoms. The summed E-state index contributed by atoms with van der Waals surface area (Å²) >= 11 is 0. The largest absolute Gasteiger partial charge is 0.481 e. The van der Waals surface area contributed by atoms with Gasteiger partial charge in [0, 0.05) is 23.8 Å². The molecule has 0 amide bonds. The van der Waals surface area contributed by atoms with Gasteiger partial charge in [0.25, 0.3) is 5.69 Å². The third-order valence-corrected chi connectivity index (χ3v) is 8.41. The number of nitrogens with zero attached hydrogens (tertiary/aromatic N) is 1. The van der Waals surface area contributed by atoms with Crippen molar-refractivity contribution < 1.29 is 56.7 Å². The average molecular weight is 628 g/mol. The van der Waals surface area contributed by atoms with Crippen LogP contribution in [-0.4, -0.2) is 46.3 Å². The van der Waals surface area contributed by atoms with Gasteiger partial charge in [-0.05, 0) is 64.3 Å². The molecule has 2 aromatic carbocycles. The van der Waals surface area contributed by atoms with Gasteiger partial charge in [0.2, 0.25) is 0 Å². The SMILES string of the molecule is CC(C)(CCOP(=O)(OCCC(C)(C)C(=O)O)C(F)(F)c1ccc(/C=C/C(=O)Oc2ccc([N+](=O)[O-])cc2)cc1)C(=O)O. The molecule has 0 saturated carbocycles. The number of hydrogen-bond donors (Lipinski definition) is 2. The third kappa shape index (κ3) is 9.50. The van der Waals surface area contributed by atoms with Crippen molar-refractivity contribution in [3.8, 4) is 5.75 Å². The molecule has 0 aliphatic heterocycles. The summed E-state index contributed by atoms with van der Waals surface area (Å²) in [5.74, 6) is -3.24. The van der Waals surface area contributed by atoms with Crippen LogP contribution in [0.2, 0.25) is 0 Å². The number of aliphatic carboxylic acids is 2. The van der Waals surface area contributed by atoms with Gasteiger partial charge in [-0.2, -0.15) is 8.78 Å². The van der Waals surface area contributed by atoms with Crippen LogP contribution in [0.25, 0.3) is 6.08 Å². The van der Waals surface area contributed by atoms with E-state index in [1.54, 1.807) is 0 Å². The molecule has 0 aromatic heterocycles. The Kier molecular flexibility index (Phi) is 11.4. The number of esters is 1. The molecule has 0 heterocycles. The van der Waals surface area contributed by atoms with Crippen molar-refractivity contribution in [1.29, 1.82) is 0 Å². The average Bonchev–Trinajstić information content (AvgIpc) is 2.92. The Labute approximate surface area is 245 Å². The van der Waals surface area contributed by atoms with E-state index < -0.39 is 65.7 Å². The number of benzene rings is 2. The minimum atomic E-state index is -5.33. The summed E-state index contributed by atoms with van der Waals surface area (Å²) in [5.41, 5.74) is -7.65. The number of ether oxygens (including phenoxy) is 1. The van der Waals surface area contributed by atoms with E-state index in [-0.39, 0.29) is 29.8 Å². The zero-order chi connectivity index (χ0) is 32.6. The quantitative estimate of drug-likeness (QED) is 0.0518. The van der Waals surface area contributed by atoms with Crippen LogP contribution in [0.3, 0.4) is 0 Å². The van der Waals surface area contributed by atoms with Gasteiger partial charge in [-0.25, -0.2) is 4.79 Å². The van der Waals surface area contributed by atoms with Crippen molar-refractivity contribution in [2.75, 3.05) is 13.2 Å². The predicted molar refractivity (Wildman–Crippen MR) is 150 cm³/mol. The lowest BCUT2D eigenvalue weighted by molar-refractivity contribution is -0.384. The molecule has 0 aliphatic carbocycles. The van der Waals surface area contributed by atoms with Crippen molar-refractivity contribution >= 4 is 37.3 Å². The molecule has 0 unspecified atom stereocenters. The van der Waals surface area contributed by atoms with Crippen molar-refractivity contribution in [3.63, 3.8) is 0 Å². The summed E-state index contributed by atoms with van der Waals surface area (Å²) < 4.78 is 59.9. The molecule has 2 N–H and O–H groups in total. The highest BCUT2D eigenvalue weighted by Crippen LogP contribution is 2.67. The molecule has 234 valence electrons. The maximum Gasteiger partial charge on any atom is 0.404 e. The topological polar surface area (TPSA) is 180 Å². The van der Waals surface area contributed by atoms with Crippen LogP contribution in [0.4, 0.5) is 14.5 Å². The molecule has 0 bridgehead atoms. The Hall–Kier alpha value is -4.00.